The Balaban J connectivity index is 1.45. The van der Waals surface area contributed by atoms with E-state index in [1.807, 2.05) is 60.2 Å². The van der Waals surface area contributed by atoms with Gasteiger partial charge in [-0.3, -0.25) is 14.2 Å². The van der Waals surface area contributed by atoms with Crippen molar-refractivity contribution in [2.24, 2.45) is 0 Å². The molecule has 1 amide bonds. The van der Waals surface area contributed by atoms with Crippen LogP contribution in [0.5, 0.6) is 0 Å². The average Bonchev–Trinajstić information content (AvgIpc) is 3.36. The molecule has 0 unspecified atom stereocenters. The van der Waals surface area contributed by atoms with E-state index < -0.39 is 0 Å². The molecule has 3 aromatic heterocycles. The predicted molar refractivity (Wildman–Crippen MR) is 109 cm³/mol. The summed E-state index contributed by atoms with van der Waals surface area (Å²) in [5, 5.41) is 2.89. The molecule has 0 bridgehead atoms. The first-order valence-electron chi connectivity index (χ1n) is 8.76. The monoisotopic (exact) mass is 390 g/mol. The van der Waals surface area contributed by atoms with Crippen molar-refractivity contribution in [3.63, 3.8) is 0 Å². The summed E-state index contributed by atoms with van der Waals surface area (Å²) in [5.74, 6) is -0.0923. The number of carbonyl (C=O) groups excluding carboxylic acids is 1. The molecular weight excluding hydrogens is 372 g/mol. The lowest BCUT2D eigenvalue weighted by Crippen LogP contribution is -2.21. The quantitative estimate of drug-likeness (QED) is 0.568. The Morgan fingerprint density at radius 3 is 2.57 bits per heavy atom. The smallest absolute Gasteiger partial charge is 0.261 e. The van der Waals surface area contributed by atoms with Gasteiger partial charge < -0.3 is 9.88 Å². The van der Waals surface area contributed by atoms with Gasteiger partial charge in [0.15, 0.2) is 0 Å². The molecule has 1 aromatic carbocycles. The van der Waals surface area contributed by atoms with E-state index in [0.717, 1.165) is 21.9 Å². The van der Waals surface area contributed by atoms with Gasteiger partial charge in [0.05, 0.1) is 23.4 Å². The van der Waals surface area contributed by atoms with E-state index >= 15 is 0 Å². The lowest BCUT2D eigenvalue weighted by atomic mass is 10.2. The number of imidazole rings is 1. The maximum absolute atomic E-state index is 12.1. The lowest BCUT2D eigenvalue weighted by Gasteiger charge is -2.07. The number of hydrogen-bond donors (Lipinski definition) is 1. The van der Waals surface area contributed by atoms with Gasteiger partial charge in [-0.2, -0.15) is 0 Å². The van der Waals surface area contributed by atoms with Crippen LogP contribution in [0.15, 0.2) is 78.1 Å². The Kier molecular flexibility index (Phi) is 4.90. The summed E-state index contributed by atoms with van der Waals surface area (Å²) in [4.78, 5) is 30.2. The summed E-state index contributed by atoms with van der Waals surface area (Å²) in [6.45, 7) is 2.34. The number of pyridine rings is 1. The lowest BCUT2D eigenvalue weighted by molar-refractivity contribution is 0.0954. The Hall–Kier alpha value is -3.45. The zero-order valence-corrected chi connectivity index (χ0v) is 16.0. The van der Waals surface area contributed by atoms with E-state index in [-0.39, 0.29) is 11.5 Å². The maximum atomic E-state index is 12.1. The Bertz CT molecular complexity index is 1170. The van der Waals surface area contributed by atoms with E-state index in [9.17, 15) is 9.59 Å². The van der Waals surface area contributed by atoms with Crippen molar-refractivity contribution in [2.45, 2.75) is 13.5 Å². The highest BCUT2D eigenvalue weighted by Crippen LogP contribution is 2.15. The summed E-state index contributed by atoms with van der Waals surface area (Å²) in [5.41, 5.74) is 2.42. The number of aromatic nitrogens is 3. The molecule has 0 aliphatic rings. The third-order valence-electron chi connectivity index (χ3n) is 4.28. The first-order chi connectivity index (χ1) is 13.6. The topological polar surface area (TPSA) is 68.9 Å². The molecule has 0 fully saturated rings. The number of carbonyl (C=O) groups is 1. The fourth-order valence-electron chi connectivity index (χ4n) is 2.84. The van der Waals surface area contributed by atoms with Gasteiger partial charge in [0, 0.05) is 34.7 Å². The number of thiophene rings is 1. The van der Waals surface area contributed by atoms with E-state index in [4.69, 9.17) is 0 Å². The first kappa shape index (κ1) is 17.9. The number of benzene rings is 1. The van der Waals surface area contributed by atoms with Gasteiger partial charge in [-0.15, -0.1) is 11.3 Å². The second kappa shape index (κ2) is 7.66. The molecule has 28 heavy (non-hydrogen) atoms. The predicted octanol–water partition coefficient (Wildman–Crippen LogP) is 3.32. The molecule has 0 atom stereocenters. The van der Waals surface area contributed by atoms with Gasteiger partial charge in [0.25, 0.3) is 11.5 Å². The molecule has 0 spiro atoms. The van der Waals surface area contributed by atoms with Crippen molar-refractivity contribution in [2.75, 3.05) is 0 Å². The summed E-state index contributed by atoms with van der Waals surface area (Å²) >= 11 is 1.47. The first-order valence-corrected chi connectivity index (χ1v) is 9.58. The molecule has 4 rings (SSSR count). The SMILES string of the molecule is Cc1ccc(C(=O)NCc2cn(-c3ccc(-n4ccccc4=O)cc3)cn2)s1. The molecule has 0 saturated carbocycles. The van der Waals surface area contributed by atoms with E-state index in [0.29, 0.717) is 11.4 Å². The number of nitrogens with zero attached hydrogens (tertiary/aromatic N) is 3. The van der Waals surface area contributed by atoms with Crippen molar-refractivity contribution in [1.82, 2.24) is 19.4 Å². The Labute approximate surface area is 165 Å². The zero-order valence-electron chi connectivity index (χ0n) is 15.2. The molecule has 7 heteroatoms. The fraction of sp³-hybridized carbons (Fsp3) is 0.0952. The molecule has 6 nitrogen and oxygen atoms in total. The van der Waals surface area contributed by atoms with Crippen molar-refractivity contribution in [3.8, 4) is 11.4 Å². The molecule has 0 saturated heterocycles. The van der Waals surface area contributed by atoms with Crippen LogP contribution in [0.3, 0.4) is 0 Å². The summed E-state index contributed by atoms with van der Waals surface area (Å²) in [6, 6.07) is 16.5. The van der Waals surface area contributed by atoms with Crippen LogP contribution >= 0.6 is 11.3 Å². The number of amides is 1. The number of nitrogens with one attached hydrogen (secondary N) is 1. The highest BCUT2D eigenvalue weighted by Gasteiger charge is 2.09. The molecule has 0 radical (unpaired) electrons. The van der Waals surface area contributed by atoms with Crippen LogP contribution in [-0.4, -0.2) is 20.0 Å². The van der Waals surface area contributed by atoms with Crippen LogP contribution in [0.25, 0.3) is 11.4 Å². The molecular formula is C21H18N4O2S. The minimum Gasteiger partial charge on any atom is -0.346 e. The summed E-state index contributed by atoms with van der Waals surface area (Å²) in [7, 11) is 0. The van der Waals surface area contributed by atoms with Crippen LogP contribution in [0.2, 0.25) is 0 Å². The molecule has 4 aromatic rings. The van der Waals surface area contributed by atoms with Crippen molar-refractivity contribution in [3.05, 3.63) is 99.1 Å². The Morgan fingerprint density at radius 2 is 1.86 bits per heavy atom. The van der Waals surface area contributed by atoms with Crippen LogP contribution < -0.4 is 10.9 Å². The van der Waals surface area contributed by atoms with Crippen LogP contribution in [-0.2, 0) is 6.54 Å². The largest absolute Gasteiger partial charge is 0.346 e. The number of aryl methyl sites for hydroxylation is 1. The molecule has 1 N–H and O–H groups in total. The molecule has 0 aliphatic heterocycles. The minimum absolute atomic E-state index is 0.0724. The fourth-order valence-corrected chi connectivity index (χ4v) is 3.62. The third kappa shape index (κ3) is 3.79. The second-order valence-corrected chi connectivity index (χ2v) is 7.58. The second-order valence-electron chi connectivity index (χ2n) is 6.29. The van der Waals surface area contributed by atoms with Gasteiger partial charge in [0.2, 0.25) is 0 Å². The average molecular weight is 390 g/mol. The van der Waals surface area contributed by atoms with Crippen LogP contribution in [0, 0.1) is 6.92 Å². The summed E-state index contributed by atoms with van der Waals surface area (Å²) < 4.78 is 3.47. The molecule has 140 valence electrons. The van der Waals surface area contributed by atoms with Crippen LogP contribution in [0.4, 0.5) is 0 Å². The van der Waals surface area contributed by atoms with Gasteiger partial charge in [-0.25, -0.2) is 4.98 Å². The maximum Gasteiger partial charge on any atom is 0.261 e. The normalized spacial score (nSPS) is 10.8. The third-order valence-corrected chi connectivity index (χ3v) is 5.28. The van der Waals surface area contributed by atoms with Crippen LogP contribution in [0.1, 0.15) is 20.2 Å². The zero-order chi connectivity index (χ0) is 19.5. The van der Waals surface area contributed by atoms with Gasteiger partial charge in [-0.05, 0) is 49.4 Å². The van der Waals surface area contributed by atoms with Gasteiger partial charge in [0.1, 0.15) is 0 Å². The highest BCUT2D eigenvalue weighted by molar-refractivity contribution is 7.13. The van der Waals surface area contributed by atoms with E-state index in [1.54, 1.807) is 23.2 Å². The molecule has 0 aliphatic carbocycles. The van der Waals surface area contributed by atoms with E-state index in [1.165, 1.54) is 17.4 Å². The van der Waals surface area contributed by atoms with E-state index in [2.05, 4.69) is 10.3 Å². The minimum atomic E-state index is -0.0923. The van der Waals surface area contributed by atoms with Crippen molar-refractivity contribution >= 4 is 17.2 Å². The molecule has 3 heterocycles. The van der Waals surface area contributed by atoms with Gasteiger partial charge in [-0.1, -0.05) is 6.07 Å². The number of rotatable bonds is 5. The standard InChI is InChI=1S/C21H18N4O2S/c1-15-5-10-19(28-15)21(27)22-12-16-13-24(14-23-16)17-6-8-18(9-7-17)25-11-3-2-4-20(25)26/h2-11,13-14H,12H2,1H3,(H,22,27). The Morgan fingerprint density at radius 1 is 1.07 bits per heavy atom. The van der Waals surface area contributed by atoms with Crippen molar-refractivity contribution < 1.29 is 4.79 Å². The van der Waals surface area contributed by atoms with Gasteiger partial charge >= 0.3 is 0 Å². The summed E-state index contributed by atoms with van der Waals surface area (Å²) in [6.07, 6.45) is 5.33. The highest BCUT2D eigenvalue weighted by atomic mass is 32.1. The number of hydrogen-bond acceptors (Lipinski definition) is 4. The van der Waals surface area contributed by atoms with Crippen molar-refractivity contribution in [1.29, 1.82) is 0 Å².